The molecule has 1 atom stereocenters. The zero-order chi connectivity index (χ0) is 13.1. The molecule has 3 N–H and O–H groups in total. The summed E-state index contributed by atoms with van der Waals surface area (Å²) in [6.07, 6.45) is 2.74. The molecule has 0 aliphatic heterocycles. The van der Waals surface area contributed by atoms with Crippen molar-refractivity contribution in [2.24, 2.45) is 5.84 Å². The Morgan fingerprint density at radius 2 is 2.17 bits per heavy atom. The van der Waals surface area contributed by atoms with Gasteiger partial charge in [-0.15, -0.1) is 0 Å². The highest BCUT2D eigenvalue weighted by Crippen LogP contribution is 2.26. The molecule has 1 aromatic heterocycles. The smallest absolute Gasteiger partial charge is 0.146 e. The fraction of sp³-hybridized carbons (Fsp3) is 0.154. The molecule has 18 heavy (non-hydrogen) atoms. The molecule has 2 rings (SSSR count). The largest absolute Gasteiger partial charge is 0.271 e. The van der Waals surface area contributed by atoms with Crippen LogP contribution in [-0.2, 0) is 0 Å². The van der Waals surface area contributed by atoms with Crippen molar-refractivity contribution < 1.29 is 4.39 Å². The van der Waals surface area contributed by atoms with Crippen molar-refractivity contribution in [2.75, 3.05) is 0 Å². The second-order valence-electron chi connectivity index (χ2n) is 4.01. The lowest BCUT2D eigenvalue weighted by Gasteiger charge is -2.18. The topological polar surface area (TPSA) is 50.9 Å². The molecule has 0 saturated heterocycles. The van der Waals surface area contributed by atoms with Gasteiger partial charge in [0.05, 0.1) is 12.2 Å². The predicted molar refractivity (Wildman–Crippen MR) is 72.2 cm³/mol. The van der Waals surface area contributed by atoms with E-state index in [1.54, 1.807) is 12.3 Å². The molecule has 0 spiro atoms. The van der Waals surface area contributed by atoms with Crippen molar-refractivity contribution in [2.45, 2.75) is 13.0 Å². The summed E-state index contributed by atoms with van der Waals surface area (Å²) in [5.74, 6) is 5.17. The van der Waals surface area contributed by atoms with E-state index in [1.165, 1.54) is 6.20 Å². The van der Waals surface area contributed by atoms with Crippen LogP contribution < -0.4 is 11.3 Å². The van der Waals surface area contributed by atoms with Crippen LogP contribution in [0.4, 0.5) is 4.39 Å². The summed E-state index contributed by atoms with van der Waals surface area (Å²) < 4.78 is 14.7. The summed E-state index contributed by atoms with van der Waals surface area (Å²) in [6, 6.07) is 7.03. The van der Waals surface area contributed by atoms with E-state index in [0.29, 0.717) is 5.56 Å². The van der Waals surface area contributed by atoms with Gasteiger partial charge in [0.15, 0.2) is 0 Å². The Hall–Kier alpha value is -1.30. The number of nitrogens with one attached hydrogen (secondary N) is 1. The first-order valence-electron chi connectivity index (χ1n) is 5.45. The Bertz CT molecular complexity index is 560. The lowest BCUT2D eigenvalue weighted by atomic mass is 9.98. The van der Waals surface area contributed by atoms with Crippen LogP contribution in [0, 0.1) is 12.7 Å². The number of benzene rings is 1. The van der Waals surface area contributed by atoms with Crippen molar-refractivity contribution in [3.05, 3.63) is 63.6 Å². The zero-order valence-electron chi connectivity index (χ0n) is 9.82. The van der Waals surface area contributed by atoms with Crippen LogP contribution in [0.15, 0.2) is 41.1 Å². The minimum Gasteiger partial charge on any atom is -0.271 e. The molecule has 3 nitrogen and oxygen atoms in total. The van der Waals surface area contributed by atoms with Gasteiger partial charge >= 0.3 is 0 Å². The quantitative estimate of drug-likeness (QED) is 0.677. The maximum Gasteiger partial charge on any atom is 0.146 e. The molecule has 0 bridgehead atoms. The van der Waals surface area contributed by atoms with E-state index in [1.807, 2.05) is 25.1 Å². The second-order valence-corrected chi connectivity index (χ2v) is 4.86. The van der Waals surface area contributed by atoms with Crippen molar-refractivity contribution in [1.29, 1.82) is 0 Å². The number of halogens is 2. The summed E-state index contributed by atoms with van der Waals surface area (Å²) in [5.41, 5.74) is 5.10. The fourth-order valence-electron chi connectivity index (χ4n) is 1.83. The lowest BCUT2D eigenvalue weighted by molar-refractivity contribution is 0.555. The van der Waals surface area contributed by atoms with E-state index < -0.39 is 0 Å². The molecular formula is C13H13BrFN3. The molecule has 0 aliphatic rings. The molecule has 0 amide bonds. The molecule has 1 unspecified atom stereocenters. The van der Waals surface area contributed by atoms with Gasteiger partial charge in [0.2, 0.25) is 0 Å². The van der Waals surface area contributed by atoms with Crippen LogP contribution in [-0.4, -0.2) is 4.98 Å². The Labute approximate surface area is 113 Å². The van der Waals surface area contributed by atoms with Gasteiger partial charge in [-0.3, -0.25) is 10.8 Å². The minimum atomic E-state index is -0.389. The fourth-order valence-corrected chi connectivity index (χ4v) is 2.08. The van der Waals surface area contributed by atoms with Gasteiger partial charge in [-0.2, -0.15) is 0 Å². The average molecular weight is 310 g/mol. The highest BCUT2D eigenvalue weighted by molar-refractivity contribution is 9.10. The van der Waals surface area contributed by atoms with Gasteiger partial charge in [-0.05, 0) is 30.2 Å². The van der Waals surface area contributed by atoms with E-state index in [0.717, 1.165) is 15.6 Å². The van der Waals surface area contributed by atoms with E-state index in [-0.39, 0.29) is 11.9 Å². The highest BCUT2D eigenvalue weighted by Gasteiger charge is 2.16. The number of hydrogen-bond acceptors (Lipinski definition) is 3. The molecule has 1 aromatic carbocycles. The third-order valence-corrected chi connectivity index (χ3v) is 3.69. The van der Waals surface area contributed by atoms with Crippen LogP contribution >= 0.6 is 15.9 Å². The Morgan fingerprint density at radius 3 is 2.78 bits per heavy atom. The van der Waals surface area contributed by atoms with Gasteiger partial charge < -0.3 is 0 Å². The van der Waals surface area contributed by atoms with Crippen LogP contribution in [0.5, 0.6) is 0 Å². The van der Waals surface area contributed by atoms with Gasteiger partial charge in [-0.25, -0.2) is 9.82 Å². The summed E-state index contributed by atoms with van der Waals surface area (Å²) in [7, 11) is 0. The maximum atomic E-state index is 13.7. The molecule has 0 radical (unpaired) electrons. The summed E-state index contributed by atoms with van der Waals surface area (Å²) in [5, 5.41) is 0. The van der Waals surface area contributed by atoms with Crippen LogP contribution in [0.3, 0.4) is 0 Å². The molecule has 0 saturated carbocycles. The number of nitrogens with two attached hydrogens (primary N) is 1. The number of hydrogen-bond donors (Lipinski definition) is 2. The third kappa shape index (κ3) is 2.58. The van der Waals surface area contributed by atoms with Gasteiger partial charge in [-0.1, -0.05) is 28.1 Å². The van der Waals surface area contributed by atoms with Crippen molar-refractivity contribution in [3.63, 3.8) is 0 Å². The Kier molecular flexibility index (Phi) is 4.06. The molecule has 94 valence electrons. The van der Waals surface area contributed by atoms with Gasteiger partial charge in [0.1, 0.15) is 5.82 Å². The second kappa shape index (κ2) is 5.56. The lowest BCUT2D eigenvalue weighted by Crippen LogP contribution is -2.29. The van der Waals surface area contributed by atoms with Crippen molar-refractivity contribution in [1.82, 2.24) is 10.4 Å². The Morgan fingerprint density at radius 1 is 1.39 bits per heavy atom. The summed E-state index contributed by atoms with van der Waals surface area (Å²) >= 11 is 3.44. The first-order chi connectivity index (χ1) is 8.63. The molecular weight excluding hydrogens is 297 g/mol. The Balaban J connectivity index is 2.45. The van der Waals surface area contributed by atoms with Gasteiger partial charge in [0.25, 0.3) is 0 Å². The molecule has 5 heteroatoms. The number of aryl methyl sites for hydroxylation is 1. The van der Waals surface area contributed by atoms with E-state index in [4.69, 9.17) is 5.84 Å². The summed E-state index contributed by atoms with van der Waals surface area (Å²) in [6.45, 7) is 1.98. The van der Waals surface area contributed by atoms with Crippen LogP contribution in [0.25, 0.3) is 0 Å². The number of aromatic nitrogens is 1. The van der Waals surface area contributed by atoms with Crippen LogP contribution in [0.2, 0.25) is 0 Å². The first kappa shape index (κ1) is 13.1. The molecule has 0 fully saturated rings. The average Bonchev–Trinajstić information content (AvgIpc) is 2.37. The minimum absolute atomic E-state index is 0.374. The normalized spacial score (nSPS) is 12.4. The monoisotopic (exact) mass is 309 g/mol. The van der Waals surface area contributed by atoms with E-state index in [2.05, 4.69) is 26.3 Å². The zero-order valence-corrected chi connectivity index (χ0v) is 11.4. The summed E-state index contributed by atoms with van der Waals surface area (Å²) in [4.78, 5) is 3.74. The van der Waals surface area contributed by atoms with Gasteiger partial charge in [0, 0.05) is 16.2 Å². The number of pyridine rings is 1. The number of rotatable bonds is 3. The SMILES string of the molecule is Cc1cc(C(NN)c2ccncc2F)ccc1Br. The standard InChI is InChI=1S/C13H13BrFN3/c1-8-6-9(2-3-11(8)14)13(18-16)10-4-5-17-7-12(10)15/h2-7,13,18H,16H2,1H3. The van der Waals surface area contributed by atoms with E-state index >= 15 is 0 Å². The third-order valence-electron chi connectivity index (χ3n) is 2.80. The molecule has 2 aromatic rings. The maximum absolute atomic E-state index is 13.7. The first-order valence-corrected chi connectivity index (χ1v) is 6.24. The molecule has 0 aliphatic carbocycles. The number of hydrazine groups is 1. The van der Waals surface area contributed by atoms with Crippen LogP contribution in [0.1, 0.15) is 22.7 Å². The van der Waals surface area contributed by atoms with Crippen molar-refractivity contribution >= 4 is 15.9 Å². The van der Waals surface area contributed by atoms with E-state index in [9.17, 15) is 4.39 Å². The number of nitrogens with zero attached hydrogens (tertiary/aromatic N) is 1. The highest BCUT2D eigenvalue weighted by atomic mass is 79.9. The van der Waals surface area contributed by atoms with Crippen molar-refractivity contribution in [3.8, 4) is 0 Å². The molecule has 1 heterocycles. The predicted octanol–water partition coefficient (Wildman–Crippen LogP) is 2.84.